The summed E-state index contributed by atoms with van der Waals surface area (Å²) in [6.07, 6.45) is 2.88. The zero-order chi connectivity index (χ0) is 18.7. The molecule has 0 bridgehead atoms. The second-order valence-electron chi connectivity index (χ2n) is 5.59. The van der Waals surface area contributed by atoms with Crippen LogP contribution >= 0.6 is 11.6 Å². The monoisotopic (exact) mass is 374 g/mol. The number of pyridine rings is 1. The highest BCUT2D eigenvalue weighted by Crippen LogP contribution is 2.36. The lowest BCUT2D eigenvalue weighted by Crippen LogP contribution is -2.29. The lowest BCUT2D eigenvalue weighted by Gasteiger charge is -2.19. The summed E-state index contributed by atoms with van der Waals surface area (Å²) in [7, 11) is 5.01. The van der Waals surface area contributed by atoms with Crippen LogP contribution in [0.3, 0.4) is 0 Å². The van der Waals surface area contributed by atoms with E-state index in [1.807, 2.05) is 25.2 Å². The average Bonchev–Trinajstić information content (AvgIpc) is 3.07. The number of carbonyl (C=O) groups excluding carboxylic acids is 1. The Morgan fingerprint density at radius 1 is 1.38 bits per heavy atom. The van der Waals surface area contributed by atoms with Gasteiger partial charge in [-0.1, -0.05) is 23.7 Å². The first kappa shape index (κ1) is 18.0. The highest BCUT2D eigenvalue weighted by atomic mass is 35.5. The third kappa shape index (κ3) is 3.56. The second-order valence-corrected chi connectivity index (χ2v) is 5.98. The molecule has 1 aromatic heterocycles. The Morgan fingerprint density at radius 3 is 2.85 bits per heavy atom. The summed E-state index contributed by atoms with van der Waals surface area (Å²) < 4.78 is 5.61. The van der Waals surface area contributed by atoms with Gasteiger partial charge in [0, 0.05) is 25.9 Å². The minimum absolute atomic E-state index is 0.254. The molecule has 1 amide bonds. The molecule has 9 heteroatoms. The van der Waals surface area contributed by atoms with Crippen molar-refractivity contribution in [3.63, 3.8) is 0 Å². The molecule has 3 N–H and O–H groups in total. The maximum atomic E-state index is 12.1. The molecular formula is C17H19ClN6O2. The maximum Gasteiger partial charge on any atom is 0.254 e. The SMILES string of the molecule is CNC(=O)c1cnc(Cl)cc1Nc1cccc(C2N=CN(C)N2)c1OC. The van der Waals surface area contributed by atoms with Crippen molar-refractivity contribution in [2.24, 2.45) is 4.99 Å². The van der Waals surface area contributed by atoms with Gasteiger partial charge in [0.2, 0.25) is 0 Å². The molecule has 0 radical (unpaired) electrons. The molecule has 3 rings (SSSR count). The molecule has 1 atom stereocenters. The normalized spacial score (nSPS) is 15.8. The number of nitrogens with zero attached hydrogens (tertiary/aromatic N) is 3. The van der Waals surface area contributed by atoms with Crippen molar-refractivity contribution in [3.05, 3.63) is 46.7 Å². The molecule has 0 aliphatic carbocycles. The highest BCUT2D eigenvalue weighted by molar-refractivity contribution is 6.29. The van der Waals surface area contributed by atoms with Crippen LogP contribution < -0.4 is 20.8 Å². The van der Waals surface area contributed by atoms with Gasteiger partial charge < -0.3 is 15.4 Å². The molecule has 0 saturated carbocycles. The Labute approximate surface area is 156 Å². The zero-order valence-corrected chi connectivity index (χ0v) is 15.3. The fraction of sp³-hybridized carbons (Fsp3) is 0.235. The van der Waals surface area contributed by atoms with Crippen LogP contribution in [0.5, 0.6) is 5.75 Å². The first-order chi connectivity index (χ1) is 12.5. The van der Waals surface area contributed by atoms with Gasteiger partial charge in [0.05, 0.1) is 24.0 Å². The van der Waals surface area contributed by atoms with E-state index >= 15 is 0 Å². The molecule has 0 saturated heterocycles. The Bertz CT molecular complexity index is 857. The molecule has 136 valence electrons. The first-order valence-corrected chi connectivity index (χ1v) is 8.25. The summed E-state index contributed by atoms with van der Waals surface area (Å²) in [5, 5.41) is 7.86. The quantitative estimate of drug-likeness (QED) is 0.696. The van der Waals surface area contributed by atoms with Crippen LogP contribution in [0.2, 0.25) is 5.15 Å². The zero-order valence-electron chi connectivity index (χ0n) is 14.6. The fourth-order valence-corrected chi connectivity index (χ4v) is 2.82. The number of anilines is 2. The minimum atomic E-state index is -0.268. The van der Waals surface area contributed by atoms with Crippen LogP contribution in [0.4, 0.5) is 11.4 Å². The van der Waals surface area contributed by atoms with E-state index in [-0.39, 0.29) is 17.2 Å². The Balaban J connectivity index is 2.00. The smallest absolute Gasteiger partial charge is 0.254 e. The number of rotatable bonds is 5. The van der Waals surface area contributed by atoms with Crippen LogP contribution in [0.1, 0.15) is 22.1 Å². The molecule has 1 aliphatic rings. The second kappa shape index (κ2) is 7.59. The molecule has 2 aromatic rings. The van der Waals surface area contributed by atoms with Crippen LogP contribution in [0, 0.1) is 0 Å². The van der Waals surface area contributed by atoms with Crippen molar-refractivity contribution < 1.29 is 9.53 Å². The number of hydrazine groups is 1. The molecule has 0 fully saturated rings. The van der Waals surface area contributed by atoms with Crippen molar-refractivity contribution in [1.29, 1.82) is 0 Å². The Morgan fingerprint density at radius 2 is 2.19 bits per heavy atom. The summed E-state index contributed by atoms with van der Waals surface area (Å²) in [5.41, 5.74) is 5.64. The highest BCUT2D eigenvalue weighted by Gasteiger charge is 2.22. The topological polar surface area (TPSA) is 90.9 Å². The van der Waals surface area contributed by atoms with Gasteiger partial charge in [0.15, 0.2) is 0 Å². The molecule has 26 heavy (non-hydrogen) atoms. The summed E-state index contributed by atoms with van der Waals surface area (Å²) in [4.78, 5) is 20.5. The van der Waals surface area contributed by atoms with E-state index in [1.165, 1.54) is 6.20 Å². The molecule has 2 heterocycles. The van der Waals surface area contributed by atoms with Gasteiger partial charge in [-0.3, -0.25) is 9.80 Å². The van der Waals surface area contributed by atoms with Gasteiger partial charge in [-0.15, -0.1) is 0 Å². The third-order valence-corrected chi connectivity index (χ3v) is 4.08. The third-order valence-electron chi connectivity index (χ3n) is 3.87. The van der Waals surface area contributed by atoms with Crippen LogP contribution in [0.25, 0.3) is 0 Å². The molecule has 1 unspecified atom stereocenters. The van der Waals surface area contributed by atoms with E-state index in [4.69, 9.17) is 16.3 Å². The van der Waals surface area contributed by atoms with Gasteiger partial charge in [0.25, 0.3) is 5.91 Å². The number of benzene rings is 1. The average molecular weight is 375 g/mol. The van der Waals surface area contributed by atoms with E-state index < -0.39 is 0 Å². The molecule has 1 aromatic carbocycles. The van der Waals surface area contributed by atoms with Crippen molar-refractivity contribution in [3.8, 4) is 5.75 Å². The predicted molar refractivity (Wildman–Crippen MR) is 101 cm³/mol. The lowest BCUT2D eigenvalue weighted by atomic mass is 10.1. The van der Waals surface area contributed by atoms with E-state index in [2.05, 4.69) is 26.0 Å². The molecule has 0 spiro atoms. The Kier molecular flexibility index (Phi) is 5.24. The summed E-state index contributed by atoms with van der Waals surface area (Å²) in [5.74, 6) is 0.351. The number of hydrogen-bond donors (Lipinski definition) is 3. The van der Waals surface area contributed by atoms with Crippen LogP contribution in [-0.4, -0.2) is 43.4 Å². The van der Waals surface area contributed by atoms with Crippen LogP contribution in [-0.2, 0) is 0 Å². The summed E-state index contributed by atoms with van der Waals surface area (Å²) >= 11 is 6.01. The van der Waals surface area contributed by atoms with Gasteiger partial charge in [-0.25, -0.2) is 15.4 Å². The summed E-state index contributed by atoms with van der Waals surface area (Å²) in [6, 6.07) is 7.26. The lowest BCUT2D eigenvalue weighted by molar-refractivity contribution is 0.0963. The molecule has 1 aliphatic heterocycles. The van der Waals surface area contributed by atoms with Crippen molar-refractivity contribution >= 4 is 35.2 Å². The van der Waals surface area contributed by atoms with E-state index in [9.17, 15) is 4.79 Å². The van der Waals surface area contributed by atoms with Crippen molar-refractivity contribution in [2.75, 3.05) is 26.5 Å². The number of hydrogen-bond acceptors (Lipinski definition) is 7. The molecular weight excluding hydrogens is 356 g/mol. The number of para-hydroxylation sites is 1. The number of aromatic nitrogens is 1. The number of halogens is 1. The van der Waals surface area contributed by atoms with Gasteiger partial charge in [-0.05, 0) is 12.1 Å². The Hall–Kier alpha value is -2.84. The first-order valence-electron chi connectivity index (χ1n) is 7.87. The number of amides is 1. The van der Waals surface area contributed by atoms with Crippen molar-refractivity contribution in [1.82, 2.24) is 20.7 Å². The van der Waals surface area contributed by atoms with E-state index in [0.29, 0.717) is 22.7 Å². The summed E-state index contributed by atoms with van der Waals surface area (Å²) in [6.45, 7) is 0. The number of aliphatic imine (C=N–C) groups is 1. The van der Waals surface area contributed by atoms with Gasteiger partial charge in [-0.2, -0.15) is 0 Å². The molecule has 8 nitrogen and oxygen atoms in total. The number of carbonyl (C=O) groups is 1. The minimum Gasteiger partial charge on any atom is -0.494 e. The van der Waals surface area contributed by atoms with Gasteiger partial charge in [0.1, 0.15) is 23.4 Å². The van der Waals surface area contributed by atoms with E-state index in [0.717, 1.165) is 5.56 Å². The largest absolute Gasteiger partial charge is 0.494 e. The standard InChI is InChI=1S/C17H19ClN6O2/c1-19-17(25)11-8-20-14(18)7-13(11)22-12-6-4-5-10(15(12)26-3)16-21-9-24(2)23-16/h4-9,16,23H,1-3H3,(H,19,25)(H,20,22). The number of methoxy groups -OCH3 is 1. The predicted octanol–water partition coefficient (Wildman–Crippen LogP) is 2.32. The number of ether oxygens (including phenoxy) is 1. The van der Waals surface area contributed by atoms with Gasteiger partial charge >= 0.3 is 0 Å². The van der Waals surface area contributed by atoms with Crippen molar-refractivity contribution in [2.45, 2.75) is 6.17 Å². The number of nitrogens with one attached hydrogen (secondary N) is 3. The van der Waals surface area contributed by atoms with Crippen LogP contribution in [0.15, 0.2) is 35.5 Å². The van der Waals surface area contributed by atoms with E-state index in [1.54, 1.807) is 31.6 Å². The fourth-order valence-electron chi connectivity index (χ4n) is 2.67. The maximum absolute atomic E-state index is 12.1.